The van der Waals surface area contributed by atoms with Crippen LogP contribution in [0.1, 0.15) is 125 Å². The number of carboxylic acids is 4. The molecule has 2 aromatic carbocycles. The van der Waals surface area contributed by atoms with Gasteiger partial charge in [0.25, 0.3) is 0 Å². The number of carbonyl (C=O) groups excluding carboxylic acids is 11. The zero-order valence-electron chi connectivity index (χ0n) is 52.9. The second-order valence-corrected chi connectivity index (χ2v) is 23.5. The molecule has 2 aromatic rings. The fourth-order valence-corrected chi connectivity index (χ4v) is 9.32. The second-order valence-electron chi connectivity index (χ2n) is 23.5. The van der Waals surface area contributed by atoms with Crippen LogP contribution >= 0.6 is 0 Å². The average Bonchev–Trinajstić information content (AvgIpc) is 1.19. The van der Waals surface area contributed by atoms with Crippen molar-refractivity contribution in [2.24, 2.45) is 29.4 Å². The molecule has 12 atom stereocenters. The van der Waals surface area contributed by atoms with E-state index in [0.29, 0.717) is 11.1 Å². The van der Waals surface area contributed by atoms with E-state index in [2.05, 4.69) is 47.9 Å². The van der Waals surface area contributed by atoms with Crippen molar-refractivity contribution >= 4 is 88.9 Å². The van der Waals surface area contributed by atoms with Crippen LogP contribution in [0, 0.1) is 23.7 Å². The summed E-state index contributed by atoms with van der Waals surface area (Å²) in [6.45, 7) is 13.6. The molecule has 0 spiro atoms. The number of amides is 11. The van der Waals surface area contributed by atoms with Crippen molar-refractivity contribution in [1.82, 2.24) is 53.2 Å². The average molecular weight is 1300 g/mol. The summed E-state index contributed by atoms with van der Waals surface area (Å²) in [6.07, 6.45) is -5.94. The predicted molar refractivity (Wildman–Crippen MR) is 327 cm³/mol. The van der Waals surface area contributed by atoms with Crippen LogP contribution in [0.4, 0.5) is 0 Å². The quantitative estimate of drug-likeness (QED) is 0.0352. The molecule has 0 fully saturated rings. The van der Waals surface area contributed by atoms with Crippen molar-refractivity contribution in [2.45, 2.75) is 193 Å². The molecular formula is C61H89N11O20. The zero-order valence-corrected chi connectivity index (χ0v) is 52.9. The van der Waals surface area contributed by atoms with Crippen molar-refractivity contribution in [1.29, 1.82) is 0 Å². The normalized spacial score (nSPS) is 15.1. The van der Waals surface area contributed by atoms with E-state index in [9.17, 15) is 92.3 Å². The van der Waals surface area contributed by atoms with Crippen LogP contribution in [-0.2, 0) is 84.8 Å². The van der Waals surface area contributed by atoms with Crippen molar-refractivity contribution in [3.05, 3.63) is 71.8 Å². The van der Waals surface area contributed by atoms with E-state index in [-0.39, 0.29) is 38.0 Å². The van der Waals surface area contributed by atoms with E-state index in [0.717, 1.165) is 6.92 Å². The first-order valence-corrected chi connectivity index (χ1v) is 29.9. The van der Waals surface area contributed by atoms with Crippen molar-refractivity contribution in [3.63, 3.8) is 0 Å². The molecule has 508 valence electrons. The highest BCUT2D eigenvalue weighted by atomic mass is 16.4. The summed E-state index contributed by atoms with van der Waals surface area (Å²) in [4.78, 5) is 195. The Labute approximate surface area is 532 Å². The van der Waals surface area contributed by atoms with Gasteiger partial charge >= 0.3 is 23.9 Å². The first kappa shape index (κ1) is 78.5. The molecular weight excluding hydrogens is 1210 g/mol. The number of nitrogens with one attached hydrogen (secondary N) is 10. The van der Waals surface area contributed by atoms with Crippen LogP contribution in [0.5, 0.6) is 0 Å². The minimum Gasteiger partial charge on any atom is -0.481 e. The number of carbonyl (C=O) groups is 15. The fraction of sp³-hybridized carbons (Fsp3) is 0.557. The Morgan fingerprint density at radius 1 is 0.413 bits per heavy atom. The number of aliphatic hydroxyl groups excluding tert-OH is 1. The molecule has 92 heavy (non-hydrogen) atoms. The monoisotopic (exact) mass is 1300 g/mol. The summed E-state index contributed by atoms with van der Waals surface area (Å²) in [7, 11) is 0. The number of carboxylic acid groups (broad SMARTS) is 4. The third kappa shape index (κ3) is 28.9. The highest BCUT2D eigenvalue weighted by molar-refractivity contribution is 5.98. The fourth-order valence-electron chi connectivity index (χ4n) is 9.32. The Morgan fingerprint density at radius 3 is 1.23 bits per heavy atom. The summed E-state index contributed by atoms with van der Waals surface area (Å²) in [5, 5.41) is 73.4. The highest BCUT2D eigenvalue weighted by Gasteiger charge is 2.38. The Bertz CT molecular complexity index is 2910. The van der Waals surface area contributed by atoms with Gasteiger partial charge in [0.1, 0.15) is 54.4 Å². The third-order valence-electron chi connectivity index (χ3n) is 14.3. The van der Waals surface area contributed by atoms with Crippen molar-refractivity contribution in [3.8, 4) is 0 Å². The van der Waals surface area contributed by atoms with Gasteiger partial charge in [-0.25, -0.2) is 4.79 Å². The molecule has 31 heteroatoms. The van der Waals surface area contributed by atoms with Gasteiger partial charge < -0.3 is 84.4 Å². The maximum atomic E-state index is 14.6. The number of rotatable bonds is 41. The smallest absolute Gasteiger partial charge is 0.326 e. The first-order chi connectivity index (χ1) is 43.0. The van der Waals surface area contributed by atoms with Gasteiger partial charge in [0, 0.05) is 38.5 Å². The van der Waals surface area contributed by atoms with E-state index in [1.165, 1.54) is 13.8 Å². The molecule has 0 unspecified atom stereocenters. The predicted octanol–water partition coefficient (Wildman–Crippen LogP) is -1.73. The maximum absolute atomic E-state index is 14.6. The lowest BCUT2D eigenvalue weighted by molar-refractivity contribution is -0.147. The Morgan fingerprint density at radius 2 is 0.804 bits per heavy atom. The Kier molecular flexibility index (Phi) is 33.2. The summed E-state index contributed by atoms with van der Waals surface area (Å²) < 4.78 is 0. The van der Waals surface area contributed by atoms with E-state index in [1.807, 2.05) is 5.32 Å². The SMILES string of the molecule is CC(=O)N[C@@H](CCC(=O)O)C(=O)N[C@H](C(=O)N[C@@H](CC(N)=O)C(=O)N[C@@H](CC(C)C)[C@@H](O)C[C@@H](C)C(=O)N[C@H](C(=O)N[C@@H](Cc1ccccc1)C(=O)N[C@@H](Cc1ccccc1)C(=O)N[C@@H](C)C(=O)N[C@@H](CCC(=O)O)C(=O)N[C@@H](CC(=O)O)C(=O)O)C(C)C)C(C)C. The van der Waals surface area contributed by atoms with Gasteiger partial charge in [-0.15, -0.1) is 0 Å². The van der Waals surface area contributed by atoms with Crippen LogP contribution in [0.3, 0.4) is 0 Å². The molecule has 0 bridgehead atoms. The van der Waals surface area contributed by atoms with E-state index < -0.39 is 205 Å². The van der Waals surface area contributed by atoms with E-state index >= 15 is 0 Å². The lowest BCUT2D eigenvalue weighted by Gasteiger charge is -2.31. The minimum atomic E-state index is -1.95. The summed E-state index contributed by atoms with van der Waals surface area (Å²) in [5.74, 6) is -18.8. The van der Waals surface area contributed by atoms with Gasteiger partial charge in [-0.05, 0) is 61.5 Å². The summed E-state index contributed by atoms with van der Waals surface area (Å²) in [5.41, 5.74) is 6.56. The van der Waals surface area contributed by atoms with Gasteiger partial charge in [-0.3, -0.25) is 67.1 Å². The van der Waals surface area contributed by atoms with Gasteiger partial charge in [0.2, 0.25) is 65.0 Å². The topological polar surface area (TPSA) is 504 Å². The van der Waals surface area contributed by atoms with Crippen LogP contribution < -0.4 is 58.9 Å². The Balaban J connectivity index is 2.41. The molecule has 2 rings (SSSR count). The molecule has 0 aliphatic heterocycles. The molecule has 0 aromatic heterocycles. The van der Waals surface area contributed by atoms with Crippen molar-refractivity contribution < 1.29 is 97.5 Å². The molecule has 11 amide bonds. The molecule has 0 radical (unpaired) electrons. The lowest BCUT2D eigenvalue weighted by Crippen LogP contribution is -2.60. The van der Waals surface area contributed by atoms with Gasteiger partial charge in [-0.1, -0.05) is 109 Å². The van der Waals surface area contributed by atoms with Crippen LogP contribution in [0.25, 0.3) is 0 Å². The lowest BCUT2D eigenvalue weighted by atomic mass is 9.91. The number of hydrogen-bond donors (Lipinski definition) is 16. The van der Waals surface area contributed by atoms with Gasteiger partial charge in [-0.2, -0.15) is 0 Å². The number of aliphatic hydroxyl groups is 1. The largest absolute Gasteiger partial charge is 0.481 e. The third-order valence-corrected chi connectivity index (χ3v) is 14.3. The number of hydrogen-bond acceptors (Lipinski definition) is 16. The first-order valence-electron chi connectivity index (χ1n) is 29.9. The van der Waals surface area contributed by atoms with Gasteiger partial charge in [0.15, 0.2) is 0 Å². The molecule has 0 aliphatic rings. The Hall–Kier alpha value is -9.55. The number of primary amides is 1. The molecule has 0 heterocycles. The molecule has 0 saturated heterocycles. The maximum Gasteiger partial charge on any atom is 0.326 e. The number of nitrogens with two attached hydrogens (primary N) is 1. The van der Waals surface area contributed by atoms with Crippen LogP contribution in [0.15, 0.2) is 60.7 Å². The molecule has 31 nitrogen and oxygen atoms in total. The summed E-state index contributed by atoms with van der Waals surface area (Å²) >= 11 is 0. The van der Waals surface area contributed by atoms with Crippen LogP contribution in [-0.4, -0.2) is 181 Å². The minimum absolute atomic E-state index is 0.0988. The van der Waals surface area contributed by atoms with Gasteiger partial charge in [0.05, 0.1) is 25.0 Å². The molecule has 17 N–H and O–H groups in total. The second kappa shape index (κ2) is 38.9. The number of aliphatic carboxylic acids is 4. The summed E-state index contributed by atoms with van der Waals surface area (Å²) in [6, 6.07) is 1.74. The van der Waals surface area contributed by atoms with Crippen LogP contribution in [0.2, 0.25) is 0 Å². The highest BCUT2D eigenvalue weighted by Crippen LogP contribution is 2.18. The van der Waals surface area contributed by atoms with E-state index in [4.69, 9.17) is 10.8 Å². The van der Waals surface area contributed by atoms with E-state index in [1.54, 1.807) is 102 Å². The molecule has 0 saturated carbocycles. The number of benzene rings is 2. The standard InChI is InChI=1S/C61H89N11O20/c1-30(2)24-40(66-58(88)43(28-46(62)75)69-60(90)51(32(5)6)72-55(85)38(64-35(9)73)20-22-47(76)77)45(74)25-33(7)52(82)71-50(31(3)4)59(89)68-42(27-37-18-14-11-15-19-37)57(87)67-41(26-36-16-12-10-13-17-36)56(86)63-34(8)53(83)65-39(21-23-48(78)79)54(84)70-44(61(91)92)29-49(80)81/h10-19,30-34,38-45,50-51,74H,20-29H2,1-9H3,(H2,62,75)(H,63,86)(H,64,73)(H,65,83)(H,66,88)(H,67,87)(H,68,89)(H,69,90)(H,70,84)(H,71,82)(H,72,85)(H,76,77)(H,78,79)(H,80,81)(H,91,92)/t33-,34+,38+,39+,40+,41+,42+,43+,44+,45+,50+,51+/m1/s1. The van der Waals surface area contributed by atoms with Crippen molar-refractivity contribution in [2.75, 3.05) is 0 Å². The molecule has 0 aliphatic carbocycles. The zero-order chi connectivity index (χ0) is 69.7.